The molecule has 3 aromatic rings. The van der Waals surface area contributed by atoms with Crippen molar-refractivity contribution in [1.82, 2.24) is 4.98 Å². The minimum absolute atomic E-state index is 0.0586. The van der Waals surface area contributed by atoms with Gasteiger partial charge in [-0.15, -0.1) is 0 Å². The molecule has 0 fully saturated rings. The molecular formula is C14H11NO3S. The van der Waals surface area contributed by atoms with Gasteiger partial charge in [0.2, 0.25) is 9.84 Å². The Kier molecular flexibility index (Phi) is 2.57. The molecule has 96 valence electrons. The van der Waals surface area contributed by atoms with Crippen LogP contribution in [-0.2, 0) is 9.84 Å². The number of H-pyrrole nitrogens is 1. The van der Waals surface area contributed by atoms with Crippen LogP contribution < -0.4 is 0 Å². The highest BCUT2D eigenvalue weighted by Crippen LogP contribution is 2.29. The minimum atomic E-state index is -3.58. The Bertz CT molecular complexity index is 836. The van der Waals surface area contributed by atoms with Crippen molar-refractivity contribution < 1.29 is 13.5 Å². The second kappa shape index (κ2) is 4.13. The monoisotopic (exact) mass is 273 g/mol. The minimum Gasteiger partial charge on any atom is -0.507 e. The second-order valence-electron chi connectivity index (χ2n) is 4.19. The van der Waals surface area contributed by atoms with E-state index in [0.29, 0.717) is 10.9 Å². The third kappa shape index (κ3) is 1.88. The van der Waals surface area contributed by atoms with Crippen molar-refractivity contribution in [1.29, 1.82) is 0 Å². The lowest BCUT2D eigenvalue weighted by molar-refractivity contribution is 0.481. The zero-order valence-corrected chi connectivity index (χ0v) is 10.7. The van der Waals surface area contributed by atoms with Crippen LogP contribution in [0.4, 0.5) is 0 Å². The van der Waals surface area contributed by atoms with Crippen LogP contribution in [0.15, 0.2) is 64.5 Å². The zero-order valence-electron chi connectivity index (χ0n) is 9.87. The highest BCUT2D eigenvalue weighted by Gasteiger charge is 2.20. The van der Waals surface area contributed by atoms with Gasteiger partial charge in [-0.25, -0.2) is 8.42 Å². The van der Waals surface area contributed by atoms with Crippen LogP contribution in [0.2, 0.25) is 0 Å². The van der Waals surface area contributed by atoms with Crippen LogP contribution in [-0.4, -0.2) is 18.5 Å². The predicted molar refractivity (Wildman–Crippen MR) is 71.9 cm³/mol. The topological polar surface area (TPSA) is 70.2 Å². The maximum Gasteiger partial charge on any atom is 0.221 e. The SMILES string of the molecule is O=S(=O)(c1ccccc1)c1cc2c(O)cccc2[nH]1. The summed E-state index contributed by atoms with van der Waals surface area (Å²) in [7, 11) is -3.58. The van der Waals surface area contributed by atoms with Gasteiger partial charge in [-0.3, -0.25) is 0 Å². The number of benzene rings is 2. The highest BCUT2D eigenvalue weighted by molar-refractivity contribution is 7.91. The first-order valence-electron chi connectivity index (χ1n) is 5.70. The molecule has 0 bridgehead atoms. The normalized spacial score (nSPS) is 11.8. The summed E-state index contributed by atoms with van der Waals surface area (Å²) in [5, 5.41) is 10.3. The number of aromatic nitrogens is 1. The third-order valence-corrected chi connectivity index (χ3v) is 4.65. The molecule has 0 spiro atoms. The van der Waals surface area contributed by atoms with Crippen molar-refractivity contribution in [3.05, 3.63) is 54.6 Å². The fraction of sp³-hybridized carbons (Fsp3) is 0. The number of phenols is 1. The second-order valence-corrected chi connectivity index (χ2v) is 6.11. The summed E-state index contributed by atoms with van der Waals surface area (Å²) >= 11 is 0. The number of hydrogen-bond acceptors (Lipinski definition) is 3. The molecule has 0 saturated carbocycles. The van der Waals surface area contributed by atoms with Crippen molar-refractivity contribution in [2.75, 3.05) is 0 Å². The number of rotatable bonds is 2. The first-order valence-corrected chi connectivity index (χ1v) is 7.18. The summed E-state index contributed by atoms with van der Waals surface area (Å²) in [6.07, 6.45) is 0. The first-order chi connectivity index (χ1) is 9.09. The van der Waals surface area contributed by atoms with Gasteiger partial charge in [0.25, 0.3) is 0 Å². The quantitative estimate of drug-likeness (QED) is 0.754. The Labute approximate surface area is 110 Å². The van der Waals surface area contributed by atoms with E-state index in [1.807, 2.05) is 0 Å². The number of phenolic OH excluding ortho intramolecular Hbond substituents is 1. The summed E-state index contributed by atoms with van der Waals surface area (Å²) < 4.78 is 24.8. The maximum absolute atomic E-state index is 12.4. The summed E-state index contributed by atoms with van der Waals surface area (Å²) in [5.74, 6) is 0.0586. The molecule has 0 saturated heterocycles. The Balaban J connectivity index is 2.22. The van der Waals surface area contributed by atoms with E-state index < -0.39 is 9.84 Å². The van der Waals surface area contributed by atoms with E-state index in [1.54, 1.807) is 42.5 Å². The molecule has 1 heterocycles. The number of fused-ring (bicyclic) bond motifs is 1. The number of hydrogen-bond donors (Lipinski definition) is 2. The van der Waals surface area contributed by atoms with Crippen molar-refractivity contribution in [3.63, 3.8) is 0 Å². The van der Waals surface area contributed by atoms with Gasteiger partial charge in [0, 0.05) is 5.39 Å². The molecule has 0 aliphatic carbocycles. The fourth-order valence-corrected chi connectivity index (χ4v) is 3.27. The molecule has 0 radical (unpaired) electrons. The van der Waals surface area contributed by atoms with Crippen molar-refractivity contribution in [2.45, 2.75) is 9.92 Å². The van der Waals surface area contributed by atoms with E-state index in [-0.39, 0.29) is 15.7 Å². The van der Waals surface area contributed by atoms with Crippen LogP contribution >= 0.6 is 0 Å². The lowest BCUT2D eigenvalue weighted by atomic mass is 10.2. The molecule has 5 heteroatoms. The summed E-state index contributed by atoms with van der Waals surface area (Å²) in [4.78, 5) is 3.05. The molecule has 0 aliphatic heterocycles. The molecule has 2 aromatic carbocycles. The number of sulfone groups is 1. The number of nitrogens with one attached hydrogen (secondary N) is 1. The van der Waals surface area contributed by atoms with Crippen molar-refractivity contribution >= 4 is 20.7 Å². The molecule has 3 rings (SSSR count). The van der Waals surface area contributed by atoms with Gasteiger partial charge in [0.05, 0.1) is 10.4 Å². The lowest BCUT2D eigenvalue weighted by Crippen LogP contribution is -2.01. The molecule has 0 atom stereocenters. The fourth-order valence-electron chi connectivity index (χ4n) is 1.98. The van der Waals surface area contributed by atoms with Gasteiger partial charge in [0.15, 0.2) is 0 Å². The van der Waals surface area contributed by atoms with Gasteiger partial charge in [0.1, 0.15) is 10.8 Å². The van der Waals surface area contributed by atoms with Gasteiger partial charge < -0.3 is 10.1 Å². The third-order valence-electron chi connectivity index (χ3n) is 2.96. The van der Waals surface area contributed by atoms with E-state index in [1.165, 1.54) is 12.1 Å². The smallest absolute Gasteiger partial charge is 0.221 e. The van der Waals surface area contributed by atoms with Crippen LogP contribution in [0.1, 0.15) is 0 Å². The average molecular weight is 273 g/mol. The van der Waals surface area contributed by atoms with Crippen LogP contribution in [0.3, 0.4) is 0 Å². The summed E-state index contributed by atoms with van der Waals surface area (Å²) in [5.41, 5.74) is 0.592. The summed E-state index contributed by atoms with van der Waals surface area (Å²) in [6.45, 7) is 0. The van der Waals surface area contributed by atoms with Crippen LogP contribution in [0.25, 0.3) is 10.9 Å². The largest absolute Gasteiger partial charge is 0.507 e. The molecule has 1 aromatic heterocycles. The molecule has 19 heavy (non-hydrogen) atoms. The molecule has 0 aliphatic rings. The number of aromatic amines is 1. The Morgan fingerprint density at radius 2 is 1.68 bits per heavy atom. The van der Waals surface area contributed by atoms with Crippen molar-refractivity contribution in [3.8, 4) is 5.75 Å². The molecule has 0 unspecified atom stereocenters. The van der Waals surface area contributed by atoms with E-state index in [4.69, 9.17) is 0 Å². The Morgan fingerprint density at radius 3 is 2.37 bits per heavy atom. The highest BCUT2D eigenvalue weighted by atomic mass is 32.2. The summed E-state index contributed by atoms with van der Waals surface area (Å²) in [6, 6.07) is 14.5. The first kappa shape index (κ1) is 11.8. The van der Waals surface area contributed by atoms with Crippen LogP contribution in [0, 0.1) is 0 Å². The molecule has 2 N–H and O–H groups in total. The van der Waals surface area contributed by atoms with E-state index in [2.05, 4.69) is 4.98 Å². The molecular weight excluding hydrogens is 262 g/mol. The van der Waals surface area contributed by atoms with E-state index >= 15 is 0 Å². The van der Waals surface area contributed by atoms with Crippen LogP contribution in [0.5, 0.6) is 5.75 Å². The van der Waals surface area contributed by atoms with Gasteiger partial charge >= 0.3 is 0 Å². The number of aromatic hydroxyl groups is 1. The maximum atomic E-state index is 12.4. The molecule has 4 nitrogen and oxygen atoms in total. The van der Waals surface area contributed by atoms with Crippen molar-refractivity contribution in [2.24, 2.45) is 0 Å². The van der Waals surface area contributed by atoms with E-state index in [0.717, 1.165) is 0 Å². The van der Waals surface area contributed by atoms with Gasteiger partial charge in [-0.1, -0.05) is 24.3 Å². The van der Waals surface area contributed by atoms with E-state index in [9.17, 15) is 13.5 Å². The molecule has 0 amide bonds. The average Bonchev–Trinajstić information content (AvgIpc) is 2.86. The Morgan fingerprint density at radius 1 is 0.947 bits per heavy atom. The Hall–Kier alpha value is -2.27. The zero-order chi connectivity index (χ0) is 13.5. The lowest BCUT2D eigenvalue weighted by Gasteiger charge is -2.00. The van der Waals surface area contributed by atoms with Gasteiger partial charge in [-0.2, -0.15) is 0 Å². The standard InChI is InChI=1S/C14H11NO3S/c16-13-8-4-7-12-11(13)9-14(15-12)19(17,18)10-5-2-1-3-6-10/h1-9,15-16H. The van der Waals surface area contributed by atoms with Gasteiger partial charge in [-0.05, 0) is 30.3 Å². The predicted octanol–water partition coefficient (Wildman–Crippen LogP) is 2.71.